The number of amides is 2. The number of rotatable bonds is 7. The van der Waals surface area contributed by atoms with Gasteiger partial charge < -0.3 is 15.4 Å². The van der Waals surface area contributed by atoms with E-state index in [1.165, 1.54) is 13.2 Å². The normalized spacial score (nSPS) is 10.3. The Bertz CT molecular complexity index is 1060. The molecule has 0 saturated heterocycles. The quantitative estimate of drug-likeness (QED) is 0.588. The van der Waals surface area contributed by atoms with Gasteiger partial charge >= 0.3 is 5.97 Å². The van der Waals surface area contributed by atoms with Gasteiger partial charge in [-0.1, -0.05) is 19.1 Å². The molecule has 1 aromatic heterocycles. The van der Waals surface area contributed by atoms with Gasteiger partial charge in [0.05, 0.1) is 23.9 Å². The first-order valence-electron chi connectivity index (χ1n) is 9.41. The molecule has 2 aromatic carbocycles. The van der Waals surface area contributed by atoms with Crippen molar-refractivity contribution >= 4 is 23.5 Å². The lowest BCUT2D eigenvalue weighted by Crippen LogP contribution is -2.24. The number of hydrogen-bond donors (Lipinski definition) is 2. The summed E-state index contributed by atoms with van der Waals surface area (Å²) >= 11 is 0. The van der Waals surface area contributed by atoms with E-state index in [1.54, 1.807) is 60.4 Å². The third-order valence-corrected chi connectivity index (χ3v) is 4.37. The van der Waals surface area contributed by atoms with E-state index in [1.807, 2.05) is 6.07 Å². The largest absolute Gasteiger partial charge is 0.465 e. The zero-order chi connectivity index (χ0) is 21.5. The molecule has 0 bridgehead atoms. The number of methoxy groups -OCH3 is 1. The monoisotopic (exact) mass is 406 g/mol. The van der Waals surface area contributed by atoms with Crippen LogP contribution in [0.1, 0.15) is 39.6 Å². The third-order valence-electron chi connectivity index (χ3n) is 4.37. The van der Waals surface area contributed by atoms with Gasteiger partial charge in [-0.25, -0.2) is 9.48 Å². The lowest BCUT2D eigenvalue weighted by Gasteiger charge is -2.12. The van der Waals surface area contributed by atoms with Crippen molar-refractivity contribution in [3.05, 3.63) is 77.6 Å². The lowest BCUT2D eigenvalue weighted by molar-refractivity contribution is -0.115. The first-order chi connectivity index (χ1) is 14.5. The highest BCUT2D eigenvalue weighted by atomic mass is 16.5. The number of carbonyl (C=O) groups excluding carboxylic acids is 3. The van der Waals surface area contributed by atoms with Gasteiger partial charge in [0.1, 0.15) is 0 Å². The summed E-state index contributed by atoms with van der Waals surface area (Å²) in [6.45, 7) is 1.89. The fourth-order valence-electron chi connectivity index (χ4n) is 2.91. The van der Waals surface area contributed by atoms with Crippen LogP contribution in [0, 0.1) is 0 Å². The highest BCUT2D eigenvalue weighted by molar-refractivity contribution is 5.98. The van der Waals surface area contributed by atoms with E-state index in [0.717, 1.165) is 0 Å². The molecule has 0 spiro atoms. The minimum atomic E-state index is -0.529. The van der Waals surface area contributed by atoms with Crippen LogP contribution in [0.4, 0.5) is 5.69 Å². The summed E-state index contributed by atoms with van der Waals surface area (Å²) in [7, 11) is 1.29. The van der Waals surface area contributed by atoms with Crippen LogP contribution in [0.25, 0.3) is 5.69 Å². The standard InChI is InChI=1S/C22H22N4O4/c1-3-20(27)25-17-12-15(11-16(13-17)22(29)30-2)14-23-21(28)18-7-4-5-8-19(18)26-10-6-9-24-26/h4-13H,3,14H2,1-2H3,(H,23,28)(H,25,27). The Morgan fingerprint density at radius 3 is 2.60 bits per heavy atom. The van der Waals surface area contributed by atoms with Gasteiger partial charge in [-0.15, -0.1) is 0 Å². The maximum Gasteiger partial charge on any atom is 0.337 e. The molecule has 2 amide bonds. The van der Waals surface area contributed by atoms with Gasteiger partial charge in [-0.3, -0.25) is 9.59 Å². The molecule has 0 atom stereocenters. The molecule has 3 rings (SSSR count). The minimum absolute atomic E-state index is 0.159. The van der Waals surface area contributed by atoms with E-state index in [2.05, 4.69) is 15.7 Å². The number of benzene rings is 2. The van der Waals surface area contributed by atoms with Gasteiger partial charge in [0.2, 0.25) is 5.91 Å². The maximum absolute atomic E-state index is 12.8. The Labute approximate surface area is 173 Å². The summed E-state index contributed by atoms with van der Waals surface area (Å²) in [5, 5.41) is 9.76. The predicted octanol–water partition coefficient (Wildman–Crippen LogP) is 2.94. The number of carbonyl (C=O) groups is 3. The molecule has 1 heterocycles. The van der Waals surface area contributed by atoms with Crippen LogP contribution >= 0.6 is 0 Å². The van der Waals surface area contributed by atoms with Gasteiger partial charge in [-0.05, 0) is 42.0 Å². The molecule has 8 nitrogen and oxygen atoms in total. The molecule has 0 aliphatic heterocycles. The van der Waals surface area contributed by atoms with Crippen molar-refractivity contribution < 1.29 is 19.1 Å². The number of ether oxygens (including phenoxy) is 1. The van der Waals surface area contributed by atoms with E-state index >= 15 is 0 Å². The minimum Gasteiger partial charge on any atom is -0.465 e. The van der Waals surface area contributed by atoms with E-state index in [4.69, 9.17) is 4.74 Å². The zero-order valence-electron chi connectivity index (χ0n) is 16.7. The summed E-state index contributed by atoms with van der Waals surface area (Å²) in [4.78, 5) is 36.5. The van der Waals surface area contributed by atoms with Crippen molar-refractivity contribution in [3.8, 4) is 5.69 Å². The molecular weight excluding hydrogens is 384 g/mol. The van der Waals surface area contributed by atoms with Gasteiger partial charge in [0.15, 0.2) is 0 Å². The van der Waals surface area contributed by atoms with Crippen molar-refractivity contribution in [3.63, 3.8) is 0 Å². The number of para-hydroxylation sites is 1. The number of hydrogen-bond acceptors (Lipinski definition) is 5. The summed E-state index contributed by atoms with van der Waals surface area (Å²) < 4.78 is 6.40. The SMILES string of the molecule is CCC(=O)Nc1cc(CNC(=O)c2ccccc2-n2cccn2)cc(C(=O)OC)c1. The zero-order valence-corrected chi connectivity index (χ0v) is 16.7. The molecule has 154 valence electrons. The van der Waals surface area contributed by atoms with Crippen LogP contribution < -0.4 is 10.6 Å². The summed E-state index contributed by atoms with van der Waals surface area (Å²) in [6.07, 6.45) is 3.70. The number of anilines is 1. The number of nitrogens with zero attached hydrogens (tertiary/aromatic N) is 2. The highest BCUT2D eigenvalue weighted by Gasteiger charge is 2.14. The molecule has 2 N–H and O–H groups in total. The van der Waals surface area contributed by atoms with E-state index in [9.17, 15) is 14.4 Å². The number of aromatic nitrogens is 2. The predicted molar refractivity (Wildman–Crippen MR) is 111 cm³/mol. The van der Waals surface area contributed by atoms with Crippen LogP contribution in [-0.4, -0.2) is 34.7 Å². The Balaban J connectivity index is 1.81. The van der Waals surface area contributed by atoms with Crippen LogP contribution in [0.2, 0.25) is 0 Å². The fraction of sp³-hybridized carbons (Fsp3) is 0.182. The fourth-order valence-corrected chi connectivity index (χ4v) is 2.91. The summed E-state index contributed by atoms with van der Waals surface area (Å²) in [5.74, 6) is -0.997. The van der Waals surface area contributed by atoms with E-state index in [0.29, 0.717) is 28.9 Å². The molecule has 0 radical (unpaired) electrons. The summed E-state index contributed by atoms with van der Waals surface area (Å²) in [6, 6.07) is 13.8. The van der Waals surface area contributed by atoms with Crippen molar-refractivity contribution in [1.82, 2.24) is 15.1 Å². The van der Waals surface area contributed by atoms with E-state index < -0.39 is 5.97 Å². The second kappa shape index (κ2) is 9.51. The van der Waals surface area contributed by atoms with Crippen LogP contribution in [-0.2, 0) is 16.1 Å². The second-order valence-corrected chi connectivity index (χ2v) is 6.46. The van der Waals surface area contributed by atoms with Crippen LogP contribution in [0.3, 0.4) is 0 Å². The topological polar surface area (TPSA) is 102 Å². The maximum atomic E-state index is 12.8. The van der Waals surface area contributed by atoms with Crippen molar-refractivity contribution in [2.24, 2.45) is 0 Å². The Morgan fingerprint density at radius 2 is 1.90 bits per heavy atom. The lowest BCUT2D eigenvalue weighted by atomic mass is 10.1. The average molecular weight is 406 g/mol. The molecule has 0 unspecified atom stereocenters. The third kappa shape index (κ3) is 4.91. The van der Waals surface area contributed by atoms with Gasteiger partial charge in [0, 0.05) is 31.0 Å². The average Bonchev–Trinajstić information content (AvgIpc) is 3.31. The Morgan fingerprint density at radius 1 is 1.10 bits per heavy atom. The first-order valence-corrected chi connectivity index (χ1v) is 9.41. The Kier molecular flexibility index (Phi) is 6.59. The van der Waals surface area contributed by atoms with Crippen molar-refractivity contribution in [2.45, 2.75) is 19.9 Å². The van der Waals surface area contributed by atoms with Gasteiger partial charge in [-0.2, -0.15) is 5.10 Å². The second-order valence-electron chi connectivity index (χ2n) is 6.46. The van der Waals surface area contributed by atoms with E-state index in [-0.39, 0.29) is 23.9 Å². The molecule has 0 fully saturated rings. The molecule has 3 aromatic rings. The molecule has 8 heteroatoms. The van der Waals surface area contributed by atoms with Gasteiger partial charge in [0.25, 0.3) is 5.91 Å². The van der Waals surface area contributed by atoms with Crippen molar-refractivity contribution in [1.29, 1.82) is 0 Å². The molecular formula is C22H22N4O4. The van der Waals surface area contributed by atoms with Crippen LogP contribution in [0.15, 0.2) is 60.9 Å². The highest BCUT2D eigenvalue weighted by Crippen LogP contribution is 2.18. The first kappa shape index (κ1) is 20.8. The van der Waals surface area contributed by atoms with Crippen LogP contribution in [0.5, 0.6) is 0 Å². The molecule has 0 saturated carbocycles. The Hall–Kier alpha value is -3.94. The number of esters is 1. The number of nitrogens with one attached hydrogen (secondary N) is 2. The van der Waals surface area contributed by atoms with Crippen molar-refractivity contribution in [2.75, 3.05) is 12.4 Å². The molecule has 0 aliphatic carbocycles. The smallest absolute Gasteiger partial charge is 0.337 e. The summed E-state index contributed by atoms with van der Waals surface area (Å²) in [5.41, 5.74) is 2.51. The molecule has 30 heavy (non-hydrogen) atoms. The molecule has 0 aliphatic rings.